The van der Waals surface area contributed by atoms with Crippen LogP contribution >= 0.6 is 0 Å². The predicted molar refractivity (Wildman–Crippen MR) is 77.9 cm³/mol. The Hall–Kier alpha value is -0.920. The van der Waals surface area contributed by atoms with Gasteiger partial charge < -0.3 is 9.67 Å². The Bertz CT molecular complexity index is 523. The number of aliphatic hydroxyl groups is 1. The van der Waals surface area contributed by atoms with Gasteiger partial charge >= 0.3 is 0 Å². The molecule has 2 N–H and O–H groups in total. The lowest BCUT2D eigenvalue weighted by Crippen LogP contribution is -2.33. The summed E-state index contributed by atoms with van der Waals surface area (Å²) in [4.78, 5) is 4.07. The molecule has 0 aliphatic heterocycles. The predicted octanol–water partition coefficient (Wildman–Crippen LogP) is 1.29. The van der Waals surface area contributed by atoms with Gasteiger partial charge in [0, 0.05) is 19.3 Å². The fraction of sp³-hybridized carbons (Fsp3) is 0.769. The third kappa shape index (κ3) is 4.88. The van der Waals surface area contributed by atoms with Crippen LogP contribution in [0.4, 0.5) is 0 Å². The number of rotatable bonds is 8. The van der Waals surface area contributed by atoms with E-state index in [0.29, 0.717) is 18.2 Å². The third-order valence-corrected chi connectivity index (χ3v) is 4.24. The van der Waals surface area contributed by atoms with Crippen molar-refractivity contribution >= 4 is 10.0 Å². The van der Waals surface area contributed by atoms with Crippen molar-refractivity contribution in [2.24, 2.45) is 5.92 Å². The lowest BCUT2D eigenvalue weighted by atomic mass is 10.1. The summed E-state index contributed by atoms with van der Waals surface area (Å²) in [5.41, 5.74) is 0. The smallest absolute Gasteiger partial charge is 0.259 e. The first-order valence-corrected chi connectivity index (χ1v) is 8.46. The summed E-state index contributed by atoms with van der Waals surface area (Å²) in [5, 5.41) is 9.74. The minimum Gasteiger partial charge on any atom is -0.392 e. The Morgan fingerprint density at radius 2 is 2.10 bits per heavy atom. The third-order valence-electron chi connectivity index (χ3n) is 2.95. The molecule has 1 rings (SSSR count). The summed E-state index contributed by atoms with van der Waals surface area (Å²) in [6.07, 6.45) is 2.34. The lowest BCUT2D eigenvalue weighted by Gasteiger charge is -2.13. The van der Waals surface area contributed by atoms with Crippen LogP contribution in [0.1, 0.15) is 39.4 Å². The van der Waals surface area contributed by atoms with Crippen molar-refractivity contribution in [3.63, 3.8) is 0 Å². The number of sulfonamides is 1. The fourth-order valence-electron chi connectivity index (χ4n) is 1.98. The largest absolute Gasteiger partial charge is 0.392 e. The Morgan fingerprint density at radius 1 is 1.45 bits per heavy atom. The van der Waals surface area contributed by atoms with E-state index in [1.807, 2.05) is 25.3 Å². The van der Waals surface area contributed by atoms with E-state index < -0.39 is 16.1 Å². The highest BCUT2D eigenvalue weighted by atomic mass is 32.2. The Balaban J connectivity index is 2.71. The molecule has 0 radical (unpaired) electrons. The molecule has 1 aromatic heterocycles. The molecule has 0 aliphatic rings. The molecular formula is C13H25N3O3S. The number of aryl methyl sites for hydroxylation is 2. The molecule has 0 saturated carbocycles. The monoisotopic (exact) mass is 303 g/mol. The SMILES string of the molecule is CCCn1cc(S(=O)(=O)NCC(O)CC(C)C)nc1C. The molecule has 1 heterocycles. The van der Waals surface area contributed by atoms with Crippen LogP contribution in [-0.4, -0.2) is 35.7 Å². The van der Waals surface area contributed by atoms with Crippen molar-refractivity contribution < 1.29 is 13.5 Å². The van der Waals surface area contributed by atoms with Crippen molar-refractivity contribution in [1.29, 1.82) is 0 Å². The number of nitrogens with one attached hydrogen (secondary N) is 1. The van der Waals surface area contributed by atoms with E-state index in [0.717, 1.165) is 13.0 Å². The van der Waals surface area contributed by atoms with Crippen LogP contribution in [0.5, 0.6) is 0 Å². The van der Waals surface area contributed by atoms with Gasteiger partial charge in [-0.05, 0) is 25.7 Å². The quantitative estimate of drug-likeness (QED) is 0.758. The van der Waals surface area contributed by atoms with Gasteiger partial charge in [-0.25, -0.2) is 18.1 Å². The van der Waals surface area contributed by atoms with Crippen molar-refractivity contribution in [3.05, 3.63) is 12.0 Å². The lowest BCUT2D eigenvalue weighted by molar-refractivity contribution is 0.152. The summed E-state index contributed by atoms with van der Waals surface area (Å²) >= 11 is 0. The van der Waals surface area contributed by atoms with E-state index in [4.69, 9.17) is 0 Å². The van der Waals surface area contributed by atoms with Crippen LogP contribution in [-0.2, 0) is 16.6 Å². The van der Waals surface area contributed by atoms with Crippen molar-refractivity contribution in [3.8, 4) is 0 Å². The van der Waals surface area contributed by atoms with Crippen LogP contribution in [0.2, 0.25) is 0 Å². The normalized spacial score (nSPS) is 13.9. The van der Waals surface area contributed by atoms with Gasteiger partial charge in [-0.15, -0.1) is 0 Å². The molecule has 0 spiro atoms. The minimum absolute atomic E-state index is 0.0141. The second-order valence-corrected chi connectivity index (χ2v) is 7.17. The average Bonchev–Trinajstić information content (AvgIpc) is 2.69. The van der Waals surface area contributed by atoms with Crippen molar-refractivity contribution in [2.45, 2.75) is 58.2 Å². The molecule has 116 valence electrons. The van der Waals surface area contributed by atoms with E-state index in [1.165, 1.54) is 6.20 Å². The van der Waals surface area contributed by atoms with E-state index in [9.17, 15) is 13.5 Å². The first kappa shape index (κ1) is 17.1. The zero-order chi connectivity index (χ0) is 15.3. The first-order valence-electron chi connectivity index (χ1n) is 6.97. The van der Waals surface area contributed by atoms with Crippen LogP contribution in [0, 0.1) is 12.8 Å². The first-order chi connectivity index (χ1) is 9.26. The number of imidazole rings is 1. The maximum Gasteiger partial charge on any atom is 0.259 e. The summed E-state index contributed by atoms with van der Waals surface area (Å²) in [6, 6.07) is 0. The fourth-order valence-corrected chi connectivity index (χ4v) is 3.06. The maximum absolute atomic E-state index is 12.1. The van der Waals surface area contributed by atoms with Crippen molar-refractivity contribution in [2.75, 3.05) is 6.54 Å². The molecule has 1 aromatic rings. The van der Waals surface area contributed by atoms with Gasteiger partial charge in [0.15, 0.2) is 5.03 Å². The molecule has 1 unspecified atom stereocenters. The summed E-state index contributed by atoms with van der Waals surface area (Å²) in [7, 11) is -3.65. The highest BCUT2D eigenvalue weighted by Gasteiger charge is 2.20. The number of hydrogen-bond donors (Lipinski definition) is 2. The Labute approximate surface area is 121 Å². The Morgan fingerprint density at radius 3 is 2.65 bits per heavy atom. The number of hydrogen-bond acceptors (Lipinski definition) is 4. The second-order valence-electron chi connectivity index (χ2n) is 5.46. The standard InChI is InChI=1S/C13H25N3O3S/c1-5-6-16-9-13(15-11(16)4)20(18,19)14-8-12(17)7-10(2)3/h9-10,12,14,17H,5-8H2,1-4H3. The topological polar surface area (TPSA) is 84.2 Å². The molecule has 6 nitrogen and oxygen atoms in total. The highest BCUT2D eigenvalue weighted by molar-refractivity contribution is 7.89. The van der Waals surface area contributed by atoms with Crippen LogP contribution in [0.3, 0.4) is 0 Å². The second kappa shape index (κ2) is 7.19. The van der Waals surface area contributed by atoms with E-state index in [2.05, 4.69) is 9.71 Å². The van der Waals surface area contributed by atoms with Gasteiger partial charge in [-0.3, -0.25) is 0 Å². The van der Waals surface area contributed by atoms with Gasteiger partial charge in [0.05, 0.1) is 6.10 Å². The van der Waals surface area contributed by atoms with Gasteiger partial charge in [0.1, 0.15) is 5.82 Å². The zero-order valence-corrected chi connectivity index (χ0v) is 13.4. The molecular weight excluding hydrogens is 278 g/mol. The molecule has 0 amide bonds. The highest BCUT2D eigenvalue weighted by Crippen LogP contribution is 2.10. The molecule has 0 fully saturated rings. The van der Waals surface area contributed by atoms with Gasteiger partial charge in [0.2, 0.25) is 0 Å². The van der Waals surface area contributed by atoms with E-state index in [-0.39, 0.29) is 11.6 Å². The van der Waals surface area contributed by atoms with Crippen LogP contribution in [0.15, 0.2) is 11.2 Å². The molecule has 0 aliphatic carbocycles. The average molecular weight is 303 g/mol. The molecule has 0 bridgehead atoms. The molecule has 7 heteroatoms. The van der Waals surface area contributed by atoms with E-state index in [1.54, 1.807) is 6.92 Å². The van der Waals surface area contributed by atoms with Gasteiger partial charge in [-0.2, -0.15) is 0 Å². The van der Waals surface area contributed by atoms with Gasteiger partial charge in [-0.1, -0.05) is 20.8 Å². The van der Waals surface area contributed by atoms with Crippen LogP contribution in [0.25, 0.3) is 0 Å². The number of aromatic nitrogens is 2. The molecule has 0 aromatic carbocycles. The summed E-state index contributed by atoms with van der Waals surface area (Å²) in [6.45, 7) is 8.52. The zero-order valence-electron chi connectivity index (χ0n) is 12.6. The number of aliphatic hydroxyl groups excluding tert-OH is 1. The van der Waals surface area contributed by atoms with Crippen LogP contribution < -0.4 is 4.72 Å². The molecule has 0 saturated heterocycles. The summed E-state index contributed by atoms with van der Waals surface area (Å²) < 4.78 is 28.4. The Kier molecular flexibility index (Phi) is 6.16. The molecule has 20 heavy (non-hydrogen) atoms. The van der Waals surface area contributed by atoms with E-state index >= 15 is 0 Å². The molecule has 1 atom stereocenters. The maximum atomic E-state index is 12.1. The number of nitrogens with zero attached hydrogens (tertiary/aromatic N) is 2. The summed E-state index contributed by atoms with van der Waals surface area (Å²) in [5.74, 6) is 0.996. The van der Waals surface area contributed by atoms with Crippen molar-refractivity contribution in [1.82, 2.24) is 14.3 Å². The van der Waals surface area contributed by atoms with Gasteiger partial charge in [0.25, 0.3) is 10.0 Å². The minimum atomic E-state index is -3.65.